The zero-order chi connectivity index (χ0) is 14.3. The molecule has 100 valence electrons. The smallest absolute Gasteiger partial charge is 0.852 e. The summed E-state index contributed by atoms with van der Waals surface area (Å²) in [5.74, 6) is 0. The van der Waals surface area contributed by atoms with E-state index in [4.69, 9.17) is 20.4 Å². The molecule has 0 amide bonds. The molecule has 17 heavy (non-hydrogen) atoms. The van der Waals surface area contributed by atoms with Gasteiger partial charge in [0.2, 0.25) is 0 Å². The molecule has 8 nitrogen and oxygen atoms in total. The zero-order valence-electron chi connectivity index (χ0n) is 7.93. The summed E-state index contributed by atoms with van der Waals surface area (Å²) in [6.07, 6.45) is 0. The normalized spacial score (nSPS) is 5.65. The molecule has 0 aliphatic carbocycles. The molecule has 0 unspecified atom stereocenters. The molecule has 0 atom stereocenters. The largest absolute Gasteiger partial charge is 4.00 e. The zero-order valence-corrected chi connectivity index (χ0v) is 12.9. The molecule has 0 heterocycles. The average Bonchev–Trinajstić information content (AvgIpc) is 1.76. The van der Waals surface area contributed by atoms with E-state index >= 15 is 0 Å². The molecule has 0 rings (SSSR count). The molecule has 0 aliphatic rings. The molecule has 0 spiro atoms. The molecule has 0 radical (unpaired) electrons. The van der Waals surface area contributed by atoms with Gasteiger partial charge in [-0.05, 0) is 0 Å². The molecule has 0 aliphatic heterocycles. The van der Waals surface area contributed by atoms with Gasteiger partial charge in [-0.2, -0.15) is 0 Å². The maximum atomic E-state index is 9.04. The standard InChI is InChI=1S/4CH3NOS.Ru/c4*2-1(3)4;/h4*(H3,2,3,4);/q;;;;+4/p-4. The topological polar surface area (TPSA) is 196 Å². The van der Waals surface area contributed by atoms with Gasteiger partial charge in [0.15, 0.2) is 0 Å². The van der Waals surface area contributed by atoms with Crippen molar-refractivity contribution in [2.75, 3.05) is 0 Å². The predicted molar refractivity (Wildman–Crippen MR) is 67.1 cm³/mol. The first-order valence-corrected chi connectivity index (χ1v) is 4.42. The first-order chi connectivity index (χ1) is 6.93. The van der Waals surface area contributed by atoms with Gasteiger partial charge in [-0.15, -0.1) is 0 Å². The van der Waals surface area contributed by atoms with E-state index in [9.17, 15) is 0 Å². The minimum Gasteiger partial charge on any atom is -0.852 e. The van der Waals surface area contributed by atoms with Crippen molar-refractivity contribution in [1.29, 1.82) is 0 Å². The van der Waals surface area contributed by atoms with E-state index in [2.05, 4.69) is 71.8 Å². The Hall–Kier alpha value is -0.617. The van der Waals surface area contributed by atoms with E-state index in [1.807, 2.05) is 0 Å². The fraction of sp³-hybridized carbons (Fsp3) is 0. The third-order valence-electron chi connectivity index (χ3n) is 0. The van der Waals surface area contributed by atoms with Crippen molar-refractivity contribution in [2.24, 2.45) is 22.9 Å². The molecule has 0 bridgehead atoms. The maximum absolute atomic E-state index is 9.04. The van der Waals surface area contributed by atoms with E-state index in [-0.39, 0.29) is 19.5 Å². The van der Waals surface area contributed by atoms with Crippen LogP contribution in [0.3, 0.4) is 0 Å². The van der Waals surface area contributed by atoms with Crippen molar-refractivity contribution in [3.8, 4) is 0 Å². The van der Waals surface area contributed by atoms with Crippen LogP contribution in [0.15, 0.2) is 0 Å². The Balaban J connectivity index is -0.0000000369. The molecule has 0 saturated carbocycles. The van der Waals surface area contributed by atoms with Gasteiger partial charge in [0, 0.05) is 20.7 Å². The first kappa shape index (κ1) is 29.9. The van der Waals surface area contributed by atoms with Gasteiger partial charge in [0.05, 0.1) is 0 Å². The van der Waals surface area contributed by atoms with Crippen LogP contribution in [0.4, 0.5) is 0 Å². The number of hydrogen-bond acceptors (Lipinski definition) is 8. The fourth-order valence-corrected chi connectivity index (χ4v) is 0. The summed E-state index contributed by atoms with van der Waals surface area (Å²) < 4.78 is 0. The van der Waals surface area contributed by atoms with Crippen LogP contribution >= 0.6 is 48.9 Å². The van der Waals surface area contributed by atoms with Crippen LogP contribution < -0.4 is 43.4 Å². The molecule has 0 aromatic heterocycles. The summed E-state index contributed by atoms with van der Waals surface area (Å²) >= 11 is 15.0. The van der Waals surface area contributed by atoms with Crippen molar-refractivity contribution in [3.63, 3.8) is 0 Å². The summed E-state index contributed by atoms with van der Waals surface area (Å²) in [7, 11) is 0. The quantitative estimate of drug-likeness (QED) is 0.220. The summed E-state index contributed by atoms with van der Waals surface area (Å²) in [6, 6.07) is 0. The summed E-state index contributed by atoms with van der Waals surface area (Å²) in [5.41, 5.74) is 17.1. The van der Waals surface area contributed by atoms with Crippen molar-refractivity contribution >= 4 is 69.6 Å². The second-order valence-corrected chi connectivity index (χ2v) is 2.89. The Kier molecular flexibility index (Phi) is 43.2. The molecule has 0 aromatic carbocycles. The van der Waals surface area contributed by atoms with Crippen LogP contribution in [-0.2, 0) is 19.5 Å². The number of hydrogen-bond donors (Lipinski definition) is 4. The van der Waals surface area contributed by atoms with Gasteiger partial charge in [0.25, 0.3) is 0 Å². The van der Waals surface area contributed by atoms with E-state index in [1.165, 1.54) is 0 Å². The van der Waals surface area contributed by atoms with E-state index in [0.29, 0.717) is 0 Å². The summed E-state index contributed by atoms with van der Waals surface area (Å²) in [6.45, 7) is 0. The van der Waals surface area contributed by atoms with E-state index < -0.39 is 20.7 Å². The van der Waals surface area contributed by atoms with Crippen LogP contribution in [0.2, 0.25) is 0 Å². The summed E-state index contributed by atoms with van der Waals surface area (Å²) in [5, 5.41) is 33.1. The first-order valence-electron chi connectivity index (χ1n) is 2.79. The average molecular weight is 405 g/mol. The van der Waals surface area contributed by atoms with Crippen LogP contribution in [-0.4, -0.2) is 20.7 Å². The molecule has 13 heteroatoms. The van der Waals surface area contributed by atoms with Crippen molar-refractivity contribution in [1.82, 2.24) is 0 Å². The van der Waals surface area contributed by atoms with Crippen LogP contribution in [0, 0.1) is 0 Å². The Labute approximate surface area is 132 Å². The number of rotatable bonds is 0. The van der Waals surface area contributed by atoms with Gasteiger partial charge >= 0.3 is 19.5 Å². The van der Waals surface area contributed by atoms with Gasteiger partial charge in [-0.25, -0.2) is 0 Å². The van der Waals surface area contributed by atoms with Crippen molar-refractivity contribution in [2.45, 2.75) is 0 Å². The Morgan fingerprint density at radius 1 is 0.529 bits per heavy atom. The van der Waals surface area contributed by atoms with Crippen LogP contribution in [0.5, 0.6) is 0 Å². The molecule has 0 aromatic rings. The second-order valence-electron chi connectivity index (χ2n) is 1.28. The van der Waals surface area contributed by atoms with Gasteiger partial charge in [0.1, 0.15) is 0 Å². The number of thiocarbonyl (C=S) groups is 4. The SMILES string of the molecule is NC([O-])=S.NC([O-])=S.NC([O-])=S.NC([O-])=S.[Ru+4]. The minimum atomic E-state index is -0.750. The molecular formula is C4H8N4O4RuS4. The van der Waals surface area contributed by atoms with E-state index in [0.717, 1.165) is 0 Å². The third kappa shape index (κ3) is 7250. The minimum absolute atomic E-state index is 0. The Bertz CT molecular complexity index is 178. The Morgan fingerprint density at radius 3 is 0.529 bits per heavy atom. The Morgan fingerprint density at radius 2 is 0.529 bits per heavy atom. The maximum Gasteiger partial charge on any atom is 4.00 e. The van der Waals surface area contributed by atoms with Gasteiger partial charge in [-0.3, -0.25) is 0 Å². The van der Waals surface area contributed by atoms with Crippen molar-refractivity contribution in [3.05, 3.63) is 0 Å². The third-order valence-corrected chi connectivity index (χ3v) is 0. The summed E-state index contributed by atoms with van der Waals surface area (Å²) in [4.78, 5) is 0. The van der Waals surface area contributed by atoms with Gasteiger partial charge < -0.3 is 43.4 Å². The molecule has 0 fully saturated rings. The van der Waals surface area contributed by atoms with E-state index in [1.54, 1.807) is 0 Å². The monoisotopic (exact) mass is 406 g/mol. The van der Waals surface area contributed by atoms with Gasteiger partial charge in [-0.1, -0.05) is 48.9 Å². The molecular weight excluding hydrogens is 397 g/mol. The fourth-order valence-electron chi connectivity index (χ4n) is 0. The second kappa shape index (κ2) is 24.6. The molecule has 8 N–H and O–H groups in total. The van der Waals surface area contributed by atoms with Crippen LogP contribution in [0.1, 0.15) is 0 Å². The molecule has 0 saturated heterocycles. The number of nitrogens with two attached hydrogens (primary N) is 4. The van der Waals surface area contributed by atoms with Crippen molar-refractivity contribution < 1.29 is 39.9 Å². The predicted octanol–water partition coefficient (Wildman–Crippen LogP) is -5.64. The van der Waals surface area contributed by atoms with Crippen LogP contribution in [0.25, 0.3) is 0 Å².